The molecule has 1 heterocycles. The first-order chi connectivity index (χ1) is 9.20. The summed E-state index contributed by atoms with van der Waals surface area (Å²) in [6, 6.07) is 0.380. The summed E-state index contributed by atoms with van der Waals surface area (Å²) in [5.74, 6) is 1.44. The molecule has 0 spiro atoms. The van der Waals surface area contributed by atoms with Crippen LogP contribution in [0.2, 0.25) is 0 Å². The predicted octanol–water partition coefficient (Wildman–Crippen LogP) is 3.14. The second-order valence-corrected chi connectivity index (χ2v) is 6.92. The Morgan fingerprint density at radius 1 is 1.16 bits per heavy atom. The second kappa shape index (κ2) is 5.43. The van der Waals surface area contributed by atoms with Crippen LogP contribution in [0.5, 0.6) is 0 Å². The van der Waals surface area contributed by atoms with E-state index in [2.05, 4.69) is 11.8 Å². The molecule has 1 aliphatic heterocycles. The zero-order chi connectivity index (χ0) is 13.4. The Balaban J connectivity index is 1.68. The van der Waals surface area contributed by atoms with Crippen molar-refractivity contribution in [2.75, 3.05) is 6.54 Å². The molecule has 3 atom stereocenters. The molecule has 3 heteroatoms. The highest BCUT2D eigenvalue weighted by molar-refractivity contribution is 5.74. The van der Waals surface area contributed by atoms with Gasteiger partial charge in [-0.3, -0.25) is 9.69 Å². The van der Waals surface area contributed by atoms with E-state index in [0.717, 1.165) is 18.9 Å². The van der Waals surface area contributed by atoms with Crippen LogP contribution in [0.3, 0.4) is 0 Å². The van der Waals surface area contributed by atoms with E-state index in [1.807, 2.05) is 0 Å². The van der Waals surface area contributed by atoms with Crippen LogP contribution >= 0.6 is 0 Å². The number of carboxylic acid groups (broad SMARTS) is 1. The minimum atomic E-state index is -0.563. The van der Waals surface area contributed by atoms with Crippen molar-refractivity contribution in [1.82, 2.24) is 4.90 Å². The maximum absolute atomic E-state index is 11.7. The number of hydrogen-bond acceptors (Lipinski definition) is 2. The molecule has 3 rings (SSSR count). The molecule has 1 saturated heterocycles. The van der Waals surface area contributed by atoms with Gasteiger partial charge in [0.05, 0.1) is 0 Å². The van der Waals surface area contributed by atoms with Crippen LogP contribution in [0.1, 0.15) is 58.3 Å². The van der Waals surface area contributed by atoms with Crippen LogP contribution in [0, 0.1) is 17.8 Å². The Kier molecular flexibility index (Phi) is 3.84. The molecule has 0 bridgehead atoms. The molecular formula is C16H27NO2. The fourth-order valence-corrected chi connectivity index (χ4v) is 4.92. The number of carbonyl (C=O) groups is 1. The Labute approximate surface area is 116 Å². The van der Waals surface area contributed by atoms with E-state index in [1.54, 1.807) is 0 Å². The van der Waals surface area contributed by atoms with E-state index < -0.39 is 5.97 Å². The molecule has 2 saturated carbocycles. The molecule has 2 aliphatic carbocycles. The molecule has 0 radical (unpaired) electrons. The molecule has 0 aromatic heterocycles. The maximum Gasteiger partial charge on any atom is 0.321 e. The Morgan fingerprint density at radius 2 is 1.89 bits per heavy atom. The van der Waals surface area contributed by atoms with E-state index in [4.69, 9.17) is 0 Å². The molecule has 108 valence electrons. The van der Waals surface area contributed by atoms with Gasteiger partial charge < -0.3 is 5.11 Å². The van der Waals surface area contributed by atoms with Crippen LogP contribution in [0.15, 0.2) is 0 Å². The molecule has 3 aliphatic rings. The first-order valence-electron chi connectivity index (χ1n) is 8.19. The van der Waals surface area contributed by atoms with Crippen molar-refractivity contribution in [3.05, 3.63) is 0 Å². The van der Waals surface area contributed by atoms with Gasteiger partial charge >= 0.3 is 5.97 Å². The highest BCUT2D eigenvalue weighted by Crippen LogP contribution is 2.45. The van der Waals surface area contributed by atoms with Gasteiger partial charge in [0.1, 0.15) is 6.04 Å². The third-order valence-corrected chi connectivity index (χ3v) is 6.04. The Bertz CT molecular complexity index is 336. The van der Waals surface area contributed by atoms with Gasteiger partial charge in [0.2, 0.25) is 0 Å². The average Bonchev–Trinajstić information content (AvgIpc) is 2.98. The van der Waals surface area contributed by atoms with Gasteiger partial charge in [0.25, 0.3) is 0 Å². The van der Waals surface area contributed by atoms with Crippen LogP contribution in [0.25, 0.3) is 0 Å². The zero-order valence-corrected chi connectivity index (χ0v) is 12.1. The summed E-state index contributed by atoms with van der Waals surface area (Å²) in [6.07, 6.45) is 10.00. The van der Waals surface area contributed by atoms with Gasteiger partial charge in [-0.05, 0) is 56.3 Å². The molecule has 3 fully saturated rings. The molecule has 3 unspecified atom stereocenters. The topological polar surface area (TPSA) is 40.5 Å². The van der Waals surface area contributed by atoms with E-state index in [9.17, 15) is 9.90 Å². The van der Waals surface area contributed by atoms with E-state index >= 15 is 0 Å². The summed E-state index contributed by atoms with van der Waals surface area (Å²) in [5, 5.41) is 9.62. The summed E-state index contributed by atoms with van der Waals surface area (Å²) in [5.41, 5.74) is 0. The summed E-state index contributed by atoms with van der Waals surface area (Å²) in [7, 11) is 0. The molecule has 0 amide bonds. The number of carboxylic acids is 1. The SMILES string of the molecule is CCC1CCC(N2CC3CCCC3C2C(=O)O)CC1. The quantitative estimate of drug-likeness (QED) is 0.852. The molecular weight excluding hydrogens is 238 g/mol. The van der Waals surface area contributed by atoms with Crippen LogP contribution < -0.4 is 0 Å². The lowest BCUT2D eigenvalue weighted by Gasteiger charge is -2.37. The van der Waals surface area contributed by atoms with Crippen LogP contribution in [0.4, 0.5) is 0 Å². The number of hydrogen-bond donors (Lipinski definition) is 1. The standard InChI is InChI=1S/C16H27NO2/c1-2-11-6-8-13(9-7-11)17-10-12-4-3-5-14(12)15(17)16(18)19/h11-15H,2-10H2,1H3,(H,18,19). The number of rotatable bonds is 3. The minimum absolute atomic E-state index is 0.171. The van der Waals surface area contributed by atoms with Crippen molar-refractivity contribution in [1.29, 1.82) is 0 Å². The minimum Gasteiger partial charge on any atom is -0.480 e. The largest absolute Gasteiger partial charge is 0.480 e. The summed E-state index contributed by atoms with van der Waals surface area (Å²) < 4.78 is 0. The first kappa shape index (κ1) is 13.4. The Hall–Kier alpha value is -0.570. The lowest BCUT2D eigenvalue weighted by Crippen LogP contribution is -2.46. The van der Waals surface area contributed by atoms with Gasteiger partial charge in [-0.25, -0.2) is 0 Å². The highest BCUT2D eigenvalue weighted by Gasteiger charge is 2.49. The third-order valence-electron chi connectivity index (χ3n) is 6.04. The summed E-state index contributed by atoms with van der Waals surface area (Å²) in [4.78, 5) is 14.1. The average molecular weight is 265 g/mol. The van der Waals surface area contributed by atoms with E-state index in [0.29, 0.717) is 17.9 Å². The van der Waals surface area contributed by atoms with Crippen molar-refractivity contribution in [2.45, 2.75) is 70.4 Å². The number of aliphatic carboxylic acids is 1. The Morgan fingerprint density at radius 3 is 2.53 bits per heavy atom. The predicted molar refractivity (Wildman–Crippen MR) is 75.0 cm³/mol. The van der Waals surface area contributed by atoms with Gasteiger partial charge in [-0.1, -0.05) is 19.8 Å². The molecule has 0 aromatic rings. The maximum atomic E-state index is 11.7. The van der Waals surface area contributed by atoms with Gasteiger partial charge in [-0.2, -0.15) is 0 Å². The van der Waals surface area contributed by atoms with Crippen molar-refractivity contribution < 1.29 is 9.90 Å². The highest BCUT2D eigenvalue weighted by atomic mass is 16.4. The van der Waals surface area contributed by atoms with Gasteiger partial charge in [0, 0.05) is 12.6 Å². The van der Waals surface area contributed by atoms with E-state index in [-0.39, 0.29) is 6.04 Å². The zero-order valence-electron chi connectivity index (χ0n) is 12.1. The summed E-state index contributed by atoms with van der Waals surface area (Å²) in [6.45, 7) is 3.34. The van der Waals surface area contributed by atoms with Gasteiger partial charge in [-0.15, -0.1) is 0 Å². The third kappa shape index (κ3) is 2.42. The van der Waals surface area contributed by atoms with Crippen molar-refractivity contribution >= 4 is 5.97 Å². The number of likely N-dealkylation sites (tertiary alicyclic amines) is 1. The number of fused-ring (bicyclic) bond motifs is 1. The van der Waals surface area contributed by atoms with Crippen LogP contribution in [-0.4, -0.2) is 34.6 Å². The van der Waals surface area contributed by atoms with Crippen LogP contribution in [-0.2, 0) is 4.79 Å². The summed E-state index contributed by atoms with van der Waals surface area (Å²) >= 11 is 0. The second-order valence-electron chi connectivity index (χ2n) is 6.92. The van der Waals surface area contributed by atoms with Crippen molar-refractivity contribution in [3.8, 4) is 0 Å². The fraction of sp³-hybridized carbons (Fsp3) is 0.938. The van der Waals surface area contributed by atoms with Gasteiger partial charge in [0.15, 0.2) is 0 Å². The smallest absolute Gasteiger partial charge is 0.321 e. The lowest BCUT2D eigenvalue weighted by molar-refractivity contribution is -0.144. The molecule has 3 nitrogen and oxygen atoms in total. The monoisotopic (exact) mass is 265 g/mol. The molecule has 0 aromatic carbocycles. The molecule has 19 heavy (non-hydrogen) atoms. The van der Waals surface area contributed by atoms with Crippen molar-refractivity contribution in [3.63, 3.8) is 0 Å². The first-order valence-corrected chi connectivity index (χ1v) is 8.19. The fourth-order valence-electron chi connectivity index (χ4n) is 4.92. The lowest BCUT2D eigenvalue weighted by atomic mass is 9.83. The molecule has 1 N–H and O–H groups in total. The van der Waals surface area contributed by atoms with Crippen molar-refractivity contribution in [2.24, 2.45) is 17.8 Å². The number of nitrogens with zero attached hydrogens (tertiary/aromatic N) is 1. The normalized spacial score (nSPS) is 43.3. The van der Waals surface area contributed by atoms with E-state index in [1.165, 1.54) is 44.9 Å².